The van der Waals surface area contributed by atoms with Crippen molar-refractivity contribution < 1.29 is 9.53 Å². The van der Waals surface area contributed by atoms with Crippen LogP contribution in [-0.4, -0.2) is 45.2 Å². The van der Waals surface area contributed by atoms with Crippen LogP contribution in [0.1, 0.15) is 56.6 Å². The minimum Gasteiger partial charge on any atom is -0.375 e. The van der Waals surface area contributed by atoms with Crippen molar-refractivity contribution >= 4 is 11.6 Å². The molecule has 0 N–H and O–H groups in total. The molecule has 1 fully saturated rings. The molecule has 0 radical (unpaired) electrons. The molecule has 4 rings (SSSR count). The molecular formula is C18H24N4O2. The van der Waals surface area contributed by atoms with Crippen molar-refractivity contribution in [1.29, 1.82) is 0 Å². The number of rotatable bonds is 2. The topological polar surface area (TPSA) is 59.7 Å². The monoisotopic (exact) mass is 328 g/mol. The van der Waals surface area contributed by atoms with Gasteiger partial charge in [-0.05, 0) is 12.8 Å². The normalized spacial score (nSPS) is 22.9. The molecule has 0 aliphatic carbocycles. The molecule has 0 saturated carbocycles. The molecular weight excluding hydrogens is 304 g/mol. The van der Waals surface area contributed by atoms with Crippen LogP contribution in [0.3, 0.4) is 0 Å². The van der Waals surface area contributed by atoms with Gasteiger partial charge in [0.1, 0.15) is 6.61 Å². The Kier molecular flexibility index (Phi) is 3.42. The molecule has 128 valence electrons. The van der Waals surface area contributed by atoms with E-state index in [0.29, 0.717) is 0 Å². The Bertz CT molecular complexity index is 805. The maximum Gasteiger partial charge on any atom is 0.249 e. The van der Waals surface area contributed by atoms with Crippen molar-refractivity contribution in [3.05, 3.63) is 29.2 Å². The van der Waals surface area contributed by atoms with Crippen molar-refractivity contribution in [3.63, 3.8) is 0 Å². The van der Waals surface area contributed by atoms with Crippen LogP contribution in [0.2, 0.25) is 0 Å². The van der Waals surface area contributed by atoms with Gasteiger partial charge in [-0.3, -0.25) is 4.79 Å². The van der Waals surface area contributed by atoms with E-state index in [1.165, 1.54) is 5.69 Å². The lowest BCUT2D eigenvalue weighted by Crippen LogP contribution is -2.44. The second kappa shape index (κ2) is 5.28. The van der Waals surface area contributed by atoms with Crippen molar-refractivity contribution in [1.82, 2.24) is 19.5 Å². The summed E-state index contributed by atoms with van der Waals surface area (Å²) in [6.45, 7) is 6.64. The lowest BCUT2D eigenvalue weighted by atomic mass is 9.93. The molecule has 2 aromatic heterocycles. The van der Waals surface area contributed by atoms with E-state index in [2.05, 4.69) is 31.8 Å². The second-order valence-electron chi connectivity index (χ2n) is 7.89. The number of amides is 1. The van der Waals surface area contributed by atoms with Crippen LogP contribution in [0.4, 0.5) is 0 Å². The summed E-state index contributed by atoms with van der Waals surface area (Å²) in [7, 11) is 1.57. The fourth-order valence-electron chi connectivity index (χ4n) is 4.03. The van der Waals surface area contributed by atoms with Crippen molar-refractivity contribution in [3.8, 4) is 0 Å². The maximum atomic E-state index is 12.4. The molecule has 0 unspecified atom stereocenters. The summed E-state index contributed by atoms with van der Waals surface area (Å²) < 4.78 is 7.06. The van der Waals surface area contributed by atoms with Gasteiger partial charge < -0.3 is 9.64 Å². The standard InChI is InChI=1S/C18H24N4O2/c1-18(2,3)15-8-16-19-9-12-13-6-5-11(7-14(12)22(16)20-15)21(13)17(23)10-24-4/h8-9,11,13H,5-7,10H2,1-4H3/t11-,13+/m0/s1. The number of aromatic nitrogens is 3. The van der Waals surface area contributed by atoms with Gasteiger partial charge in [-0.15, -0.1) is 0 Å². The first-order valence-corrected chi connectivity index (χ1v) is 8.58. The highest BCUT2D eigenvalue weighted by Gasteiger charge is 2.43. The molecule has 24 heavy (non-hydrogen) atoms. The molecule has 2 bridgehead atoms. The number of carbonyl (C=O) groups excluding carboxylic acids is 1. The zero-order chi connectivity index (χ0) is 17.1. The predicted molar refractivity (Wildman–Crippen MR) is 89.9 cm³/mol. The molecule has 1 amide bonds. The molecule has 6 nitrogen and oxygen atoms in total. The number of carbonyl (C=O) groups is 1. The van der Waals surface area contributed by atoms with E-state index < -0.39 is 0 Å². The van der Waals surface area contributed by atoms with Crippen LogP contribution in [0, 0.1) is 0 Å². The first-order valence-electron chi connectivity index (χ1n) is 8.58. The van der Waals surface area contributed by atoms with Crippen LogP contribution in [0.5, 0.6) is 0 Å². The van der Waals surface area contributed by atoms with E-state index in [9.17, 15) is 4.79 Å². The highest BCUT2D eigenvalue weighted by molar-refractivity contribution is 5.79. The third-order valence-electron chi connectivity index (χ3n) is 5.23. The van der Waals surface area contributed by atoms with Crippen molar-refractivity contribution in [2.24, 2.45) is 0 Å². The van der Waals surface area contributed by atoms with Gasteiger partial charge in [0.15, 0.2) is 5.65 Å². The first kappa shape index (κ1) is 15.6. The molecule has 4 heterocycles. The molecule has 6 heteroatoms. The molecule has 0 aromatic carbocycles. The van der Waals surface area contributed by atoms with Crippen molar-refractivity contribution in [2.45, 2.75) is 57.5 Å². The van der Waals surface area contributed by atoms with Gasteiger partial charge in [0.25, 0.3) is 0 Å². The fourth-order valence-corrected chi connectivity index (χ4v) is 4.03. The lowest BCUT2D eigenvalue weighted by Gasteiger charge is -2.36. The summed E-state index contributed by atoms with van der Waals surface area (Å²) in [5.74, 6) is 0.0755. The number of ether oxygens (including phenoxy) is 1. The van der Waals surface area contributed by atoms with E-state index >= 15 is 0 Å². The Morgan fingerprint density at radius 3 is 2.88 bits per heavy atom. The number of fused-ring (bicyclic) bond motifs is 6. The van der Waals surface area contributed by atoms with Crippen LogP contribution in [0.25, 0.3) is 5.65 Å². The third kappa shape index (κ3) is 2.24. The van der Waals surface area contributed by atoms with Gasteiger partial charge in [-0.2, -0.15) is 5.10 Å². The second-order valence-corrected chi connectivity index (χ2v) is 7.89. The summed E-state index contributed by atoms with van der Waals surface area (Å²) in [4.78, 5) is 19.0. The number of hydrogen-bond acceptors (Lipinski definition) is 4. The van der Waals surface area contributed by atoms with Crippen LogP contribution >= 0.6 is 0 Å². The average molecular weight is 328 g/mol. The minimum absolute atomic E-state index is 0.00526. The Balaban J connectivity index is 1.80. The summed E-state index contributed by atoms with van der Waals surface area (Å²) in [5, 5.41) is 4.83. The van der Waals surface area contributed by atoms with Gasteiger partial charge in [0.2, 0.25) is 5.91 Å². The zero-order valence-corrected chi connectivity index (χ0v) is 14.7. The Morgan fingerprint density at radius 2 is 2.17 bits per heavy atom. The van der Waals surface area contributed by atoms with E-state index in [-0.39, 0.29) is 30.0 Å². The maximum absolute atomic E-state index is 12.4. The Labute approximate surface area is 141 Å². The van der Waals surface area contributed by atoms with Gasteiger partial charge in [-0.25, -0.2) is 9.50 Å². The van der Waals surface area contributed by atoms with E-state index in [0.717, 1.165) is 36.2 Å². The molecule has 1 saturated heterocycles. The third-order valence-corrected chi connectivity index (χ3v) is 5.23. The van der Waals surface area contributed by atoms with Crippen molar-refractivity contribution in [2.75, 3.05) is 13.7 Å². The fraction of sp³-hybridized carbons (Fsp3) is 0.611. The first-order chi connectivity index (χ1) is 11.4. The largest absolute Gasteiger partial charge is 0.375 e. The van der Waals surface area contributed by atoms with Crippen LogP contribution in [-0.2, 0) is 21.4 Å². The summed E-state index contributed by atoms with van der Waals surface area (Å²) in [6, 6.07) is 2.43. The number of hydrogen-bond donors (Lipinski definition) is 0. The molecule has 0 spiro atoms. The van der Waals surface area contributed by atoms with Gasteiger partial charge in [-0.1, -0.05) is 20.8 Å². The van der Waals surface area contributed by atoms with Crippen LogP contribution in [0.15, 0.2) is 12.3 Å². The number of methoxy groups -OCH3 is 1. The molecule has 2 aliphatic rings. The predicted octanol–water partition coefficient (Wildman–Crippen LogP) is 2.26. The van der Waals surface area contributed by atoms with Gasteiger partial charge in [0.05, 0.1) is 17.4 Å². The highest BCUT2D eigenvalue weighted by atomic mass is 16.5. The summed E-state index contributed by atoms with van der Waals surface area (Å²) in [6.07, 6.45) is 4.81. The smallest absolute Gasteiger partial charge is 0.249 e. The quantitative estimate of drug-likeness (QED) is 0.848. The molecule has 2 aromatic rings. The van der Waals surface area contributed by atoms with Crippen LogP contribution < -0.4 is 0 Å². The molecule has 2 atom stereocenters. The van der Waals surface area contributed by atoms with Gasteiger partial charge in [0, 0.05) is 42.8 Å². The average Bonchev–Trinajstić information content (AvgIpc) is 3.08. The summed E-state index contributed by atoms with van der Waals surface area (Å²) in [5.41, 5.74) is 4.30. The summed E-state index contributed by atoms with van der Waals surface area (Å²) >= 11 is 0. The highest BCUT2D eigenvalue weighted by Crippen LogP contribution is 2.43. The molecule has 2 aliphatic heterocycles. The SMILES string of the molecule is COCC(=O)N1[C@H]2CC[C@@H]1c1cnc3cc(C(C)(C)C)nn3c1C2. The van der Waals surface area contributed by atoms with E-state index in [1.54, 1.807) is 7.11 Å². The Hall–Kier alpha value is -1.95. The lowest BCUT2D eigenvalue weighted by molar-refractivity contribution is -0.138. The zero-order valence-electron chi connectivity index (χ0n) is 14.7. The van der Waals surface area contributed by atoms with Gasteiger partial charge >= 0.3 is 0 Å². The number of nitrogens with zero attached hydrogens (tertiary/aromatic N) is 4. The minimum atomic E-state index is -0.00526. The van der Waals surface area contributed by atoms with E-state index in [1.807, 2.05) is 15.6 Å². The Morgan fingerprint density at radius 1 is 1.38 bits per heavy atom. The van der Waals surface area contributed by atoms with E-state index in [4.69, 9.17) is 9.84 Å².